The summed E-state index contributed by atoms with van der Waals surface area (Å²) in [6, 6.07) is 16.2. The van der Waals surface area contributed by atoms with Crippen LogP contribution < -0.4 is 20.4 Å². The van der Waals surface area contributed by atoms with Gasteiger partial charge in [0.2, 0.25) is 0 Å². The number of pyridine rings is 2. The van der Waals surface area contributed by atoms with Crippen LogP contribution in [0.25, 0.3) is 0 Å². The molecule has 0 aliphatic rings. The summed E-state index contributed by atoms with van der Waals surface area (Å²) in [4.78, 5) is 47.9. The van der Waals surface area contributed by atoms with E-state index in [4.69, 9.17) is 0 Å². The van der Waals surface area contributed by atoms with Crippen LogP contribution in [0, 0.1) is 27.7 Å². The molecule has 2 aromatic heterocycles. The van der Waals surface area contributed by atoms with Crippen LogP contribution in [0.3, 0.4) is 0 Å². The number of allylic oxidation sites excluding steroid dienone is 8. The zero-order valence-electron chi connectivity index (χ0n) is 32.8. The minimum absolute atomic E-state index is 0. The molecule has 0 unspecified atom stereocenters. The van der Waals surface area contributed by atoms with Gasteiger partial charge in [-0.2, -0.15) is 0 Å². The molecule has 0 saturated heterocycles. The molecule has 3 aromatic rings. The minimum atomic E-state index is -0.187. The van der Waals surface area contributed by atoms with Gasteiger partial charge in [0.25, 0.3) is 0 Å². The van der Waals surface area contributed by atoms with E-state index < -0.39 is 0 Å². The standard InChI is InChI=1S/2C7H9N.C6H6.4C5H8O2.2Zn/c2*1-6-3-7(2)5-8-4-6;1-2-4-6-5-3-1;4*1-4(6)3-5(2)7;;/h2*3-5H,1-2H3;1-6H;4*3,6H,1-2H3;;/q;;;;;;;2*+2/p-4/b;;;4*4-3-;;. The third kappa shape index (κ3) is 64.2. The fourth-order valence-corrected chi connectivity index (χ4v) is 2.94. The normalized spacial score (nSPS) is 9.92. The maximum Gasteiger partial charge on any atom is 2.00 e. The van der Waals surface area contributed by atoms with Gasteiger partial charge in [0, 0.05) is 24.8 Å². The summed E-state index contributed by atoms with van der Waals surface area (Å²) in [6.07, 6.45) is 11.6. The molecule has 0 aliphatic carbocycles. The molecule has 0 bridgehead atoms. The molecular formula is C40H52N2O8Zn2. The monoisotopic (exact) mass is 816 g/mol. The summed E-state index contributed by atoms with van der Waals surface area (Å²) in [5.41, 5.74) is 4.91. The number of carbonyl (C=O) groups excluding carboxylic acids is 4. The Hall–Kier alpha value is -4.39. The van der Waals surface area contributed by atoms with Gasteiger partial charge in [-0.3, -0.25) is 29.1 Å². The summed E-state index contributed by atoms with van der Waals surface area (Å²) >= 11 is 0. The van der Waals surface area contributed by atoms with E-state index in [1.54, 1.807) is 0 Å². The Kier molecular flexibility index (Phi) is 45.3. The Morgan fingerprint density at radius 3 is 0.615 bits per heavy atom. The van der Waals surface area contributed by atoms with Crippen molar-refractivity contribution in [1.29, 1.82) is 0 Å². The number of carbonyl (C=O) groups is 4. The van der Waals surface area contributed by atoms with Crippen molar-refractivity contribution in [2.45, 2.75) is 83.1 Å². The predicted octanol–water partition coefficient (Wildman–Crippen LogP) is 4.44. The largest absolute Gasteiger partial charge is 2.00 e. The van der Waals surface area contributed by atoms with Crippen LogP contribution in [0.4, 0.5) is 0 Å². The van der Waals surface area contributed by atoms with Gasteiger partial charge in [0.15, 0.2) is 23.1 Å². The van der Waals surface area contributed by atoms with Crippen LogP contribution in [0.2, 0.25) is 0 Å². The smallest absolute Gasteiger partial charge is 0.876 e. The van der Waals surface area contributed by atoms with Gasteiger partial charge in [0.1, 0.15) is 0 Å². The molecule has 0 aliphatic heterocycles. The second-order valence-electron chi connectivity index (χ2n) is 10.7. The molecule has 3 rings (SSSR count). The maximum absolute atomic E-state index is 9.98. The number of aromatic nitrogens is 2. The van der Waals surface area contributed by atoms with Crippen molar-refractivity contribution in [3.63, 3.8) is 0 Å². The Labute approximate surface area is 336 Å². The second-order valence-corrected chi connectivity index (χ2v) is 10.7. The topological polar surface area (TPSA) is 186 Å². The fraction of sp³-hybridized carbons (Fsp3) is 0.300. The van der Waals surface area contributed by atoms with E-state index >= 15 is 0 Å². The van der Waals surface area contributed by atoms with E-state index in [-0.39, 0.29) is 85.1 Å². The summed E-state index contributed by atoms with van der Waals surface area (Å²) in [7, 11) is 0. The molecule has 0 atom stereocenters. The Morgan fingerprint density at radius 1 is 0.404 bits per heavy atom. The van der Waals surface area contributed by atoms with Crippen LogP contribution in [0.5, 0.6) is 0 Å². The first-order chi connectivity index (χ1) is 23.1. The average molecular weight is 820 g/mol. The summed E-state index contributed by atoms with van der Waals surface area (Å²) < 4.78 is 0. The summed E-state index contributed by atoms with van der Waals surface area (Å²) in [5.74, 6) is -1.50. The Balaban J connectivity index is -0.000000118. The van der Waals surface area contributed by atoms with Crippen LogP contribution in [-0.4, -0.2) is 33.1 Å². The molecule has 52 heavy (non-hydrogen) atoms. The van der Waals surface area contributed by atoms with Gasteiger partial charge in [-0.05, 0) is 102 Å². The quantitative estimate of drug-likeness (QED) is 0.207. The van der Waals surface area contributed by atoms with E-state index in [1.807, 2.05) is 88.9 Å². The molecule has 0 N–H and O–H groups in total. The van der Waals surface area contributed by atoms with Crippen molar-refractivity contribution in [3.8, 4) is 0 Å². The number of aryl methyl sites for hydroxylation is 4. The number of hydrogen-bond donors (Lipinski definition) is 0. The van der Waals surface area contributed by atoms with Crippen molar-refractivity contribution in [2.75, 3.05) is 0 Å². The zero-order chi connectivity index (χ0) is 39.7. The van der Waals surface area contributed by atoms with E-state index in [9.17, 15) is 39.6 Å². The number of nitrogens with zero attached hydrogens (tertiary/aromatic N) is 2. The molecule has 0 amide bonds. The van der Waals surface area contributed by atoms with Crippen molar-refractivity contribution >= 4 is 23.1 Å². The van der Waals surface area contributed by atoms with E-state index in [0.717, 1.165) is 24.3 Å². The molecule has 274 valence electrons. The van der Waals surface area contributed by atoms with Crippen LogP contribution in [0.1, 0.15) is 77.6 Å². The van der Waals surface area contributed by atoms with Crippen molar-refractivity contribution in [3.05, 3.63) is 143 Å². The number of hydrogen-bond acceptors (Lipinski definition) is 10. The molecule has 2 heterocycles. The van der Waals surface area contributed by atoms with E-state index in [0.29, 0.717) is 0 Å². The second kappa shape index (κ2) is 39.4. The fourth-order valence-electron chi connectivity index (χ4n) is 2.94. The average Bonchev–Trinajstić information content (AvgIpc) is 2.93. The van der Waals surface area contributed by atoms with Gasteiger partial charge in [-0.1, -0.05) is 76.2 Å². The third-order valence-corrected chi connectivity index (χ3v) is 4.32. The van der Waals surface area contributed by atoms with E-state index in [1.165, 1.54) is 77.6 Å². The molecule has 12 heteroatoms. The minimum Gasteiger partial charge on any atom is -0.876 e. The van der Waals surface area contributed by atoms with Crippen molar-refractivity contribution in [1.82, 2.24) is 9.97 Å². The summed E-state index contributed by atoms with van der Waals surface area (Å²) in [6.45, 7) is 19.0. The SMILES string of the molecule is CC(=O)/C=C(/C)[O-].CC(=O)/C=C(/C)[O-].CC(=O)/C=C(/C)[O-].CC(=O)/C=C(/C)[O-].Cc1cncc(C)c1.Cc1cncc(C)c1.[Zn+2].[Zn+2].c1ccccc1. The molecule has 10 nitrogen and oxygen atoms in total. The first kappa shape index (κ1) is 59.7. The van der Waals surface area contributed by atoms with Gasteiger partial charge in [-0.25, -0.2) is 0 Å². The van der Waals surface area contributed by atoms with Crippen LogP contribution in [-0.2, 0) is 58.1 Å². The Bertz CT molecular complexity index is 1300. The van der Waals surface area contributed by atoms with Crippen LogP contribution in [0.15, 0.2) is 121 Å². The summed E-state index contributed by atoms with van der Waals surface area (Å²) in [5, 5.41) is 39.9. The molecule has 0 fully saturated rings. The number of ketones is 4. The van der Waals surface area contributed by atoms with Crippen molar-refractivity contribution in [2.24, 2.45) is 0 Å². The first-order valence-electron chi connectivity index (χ1n) is 15.3. The molecule has 0 saturated carbocycles. The number of rotatable bonds is 4. The van der Waals surface area contributed by atoms with E-state index in [2.05, 4.69) is 22.1 Å². The first-order valence-corrected chi connectivity index (χ1v) is 15.3. The molecule has 0 radical (unpaired) electrons. The third-order valence-electron chi connectivity index (χ3n) is 4.32. The maximum atomic E-state index is 9.98. The van der Waals surface area contributed by atoms with Crippen LogP contribution >= 0.6 is 0 Å². The molecule has 0 spiro atoms. The van der Waals surface area contributed by atoms with Gasteiger partial charge < -0.3 is 20.4 Å². The van der Waals surface area contributed by atoms with Gasteiger partial charge >= 0.3 is 39.0 Å². The van der Waals surface area contributed by atoms with Crippen molar-refractivity contribution < 1.29 is 78.6 Å². The molecular weight excluding hydrogens is 767 g/mol. The zero-order valence-corrected chi connectivity index (χ0v) is 38.7. The predicted molar refractivity (Wildman–Crippen MR) is 192 cm³/mol. The van der Waals surface area contributed by atoms with Gasteiger partial charge in [0.05, 0.1) is 0 Å². The molecule has 1 aromatic carbocycles. The van der Waals surface area contributed by atoms with Gasteiger partial charge in [-0.15, -0.1) is 23.0 Å². The Morgan fingerprint density at radius 2 is 0.558 bits per heavy atom. The number of benzene rings is 1.